The molecular formula is C16H13BrN2OS. The van der Waals surface area contributed by atoms with Crippen LogP contribution in [-0.2, 0) is 0 Å². The number of nitrogens with one attached hydrogen (secondary N) is 1. The molecule has 0 aliphatic heterocycles. The SMILES string of the molecule is Cc1ccc2nc(NC(=O)c3cc(Br)ccc3C)sc2c1. The molecule has 0 unspecified atom stereocenters. The minimum Gasteiger partial charge on any atom is -0.298 e. The number of nitrogens with zero attached hydrogens (tertiary/aromatic N) is 1. The van der Waals surface area contributed by atoms with E-state index in [1.54, 1.807) is 0 Å². The summed E-state index contributed by atoms with van der Waals surface area (Å²) in [6.07, 6.45) is 0. The van der Waals surface area contributed by atoms with Crippen molar-refractivity contribution in [1.82, 2.24) is 4.98 Å². The number of aryl methyl sites for hydroxylation is 2. The maximum absolute atomic E-state index is 12.4. The van der Waals surface area contributed by atoms with Gasteiger partial charge in [-0.25, -0.2) is 4.98 Å². The molecule has 21 heavy (non-hydrogen) atoms. The van der Waals surface area contributed by atoms with Gasteiger partial charge < -0.3 is 0 Å². The molecule has 1 N–H and O–H groups in total. The predicted octanol–water partition coefficient (Wildman–Crippen LogP) is 4.93. The van der Waals surface area contributed by atoms with Crippen molar-refractivity contribution >= 4 is 48.5 Å². The maximum Gasteiger partial charge on any atom is 0.257 e. The van der Waals surface area contributed by atoms with Gasteiger partial charge in [0.1, 0.15) is 0 Å². The Bertz CT molecular complexity index is 841. The first-order valence-corrected chi connectivity index (χ1v) is 8.08. The number of hydrogen-bond acceptors (Lipinski definition) is 3. The Balaban J connectivity index is 1.90. The van der Waals surface area contributed by atoms with Gasteiger partial charge in [0.2, 0.25) is 0 Å². The molecule has 0 fully saturated rings. The van der Waals surface area contributed by atoms with Crippen molar-refractivity contribution in [2.75, 3.05) is 5.32 Å². The topological polar surface area (TPSA) is 42.0 Å². The van der Waals surface area contributed by atoms with Gasteiger partial charge in [-0.15, -0.1) is 0 Å². The molecule has 1 amide bonds. The van der Waals surface area contributed by atoms with Crippen LogP contribution in [0.25, 0.3) is 10.2 Å². The molecule has 0 spiro atoms. The van der Waals surface area contributed by atoms with E-state index >= 15 is 0 Å². The Hall–Kier alpha value is -1.72. The Morgan fingerprint density at radius 1 is 1.19 bits per heavy atom. The minimum absolute atomic E-state index is 0.135. The van der Waals surface area contributed by atoms with E-state index in [9.17, 15) is 4.79 Å². The number of aromatic nitrogens is 1. The van der Waals surface area contributed by atoms with Crippen LogP contribution in [0.15, 0.2) is 40.9 Å². The summed E-state index contributed by atoms with van der Waals surface area (Å²) in [5, 5.41) is 3.51. The first-order valence-electron chi connectivity index (χ1n) is 6.47. The van der Waals surface area contributed by atoms with Crippen LogP contribution in [0.4, 0.5) is 5.13 Å². The van der Waals surface area contributed by atoms with E-state index in [-0.39, 0.29) is 5.91 Å². The number of amides is 1. The number of thiazole rings is 1. The minimum atomic E-state index is -0.135. The van der Waals surface area contributed by atoms with Gasteiger partial charge in [0.05, 0.1) is 10.2 Å². The molecule has 0 radical (unpaired) electrons. The van der Waals surface area contributed by atoms with Crippen molar-refractivity contribution in [2.24, 2.45) is 0 Å². The Labute approximate surface area is 135 Å². The quantitative estimate of drug-likeness (QED) is 0.703. The second-order valence-electron chi connectivity index (χ2n) is 4.90. The van der Waals surface area contributed by atoms with Gasteiger partial charge >= 0.3 is 0 Å². The molecule has 1 heterocycles. The van der Waals surface area contributed by atoms with Crippen molar-refractivity contribution in [3.8, 4) is 0 Å². The molecule has 3 rings (SSSR count). The van der Waals surface area contributed by atoms with Crippen LogP contribution in [0, 0.1) is 13.8 Å². The van der Waals surface area contributed by atoms with E-state index in [1.165, 1.54) is 16.9 Å². The number of rotatable bonds is 2. The van der Waals surface area contributed by atoms with E-state index in [4.69, 9.17) is 0 Å². The molecule has 0 aliphatic rings. The predicted molar refractivity (Wildman–Crippen MR) is 91.2 cm³/mol. The Morgan fingerprint density at radius 2 is 2.00 bits per heavy atom. The normalized spacial score (nSPS) is 10.8. The fourth-order valence-corrected chi connectivity index (χ4v) is 3.41. The molecule has 3 aromatic rings. The molecule has 0 saturated carbocycles. The van der Waals surface area contributed by atoms with E-state index in [0.29, 0.717) is 10.7 Å². The van der Waals surface area contributed by atoms with Crippen molar-refractivity contribution in [3.63, 3.8) is 0 Å². The Morgan fingerprint density at radius 3 is 2.81 bits per heavy atom. The lowest BCUT2D eigenvalue weighted by molar-refractivity contribution is 0.102. The summed E-state index contributed by atoms with van der Waals surface area (Å²) >= 11 is 4.88. The molecule has 0 saturated heterocycles. The lowest BCUT2D eigenvalue weighted by atomic mass is 10.1. The van der Waals surface area contributed by atoms with Crippen LogP contribution in [-0.4, -0.2) is 10.9 Å². The third kappa shape index (κ3) is 2.99. The standard InChI is InChI=1S/C16H13BrN2OS/c1-9-3-6-13-14(7-9)21-16(18-13)19-15(20)12-8-11(17)5-4-10(12)2/h3-8H,1-2H3,(H,18,19,20). The molecule has 0 atom stereocenters. The molecule has 5 heteroatoms. The first-order chi connectivity index (χ1) is 10.0. The third-order valence-electron chi connectivity index (χ3n) is 3.21. The second kappa shape index (κ2) is 5.58. The average Bonchev–Trinajstić information content (AvgIpc) is 2.82. The number of carbonyl (C=O) groups is 1. The van der Waals surface area contributed by atoms with Crippen LogP contribution in [0.5, 0.6) is 0 Å². The smallest absolute Gasteiger partial charge is 0.257 e. The van der Waals surface area contributed by atoms with E-state index < -0.39 is 0 Å². The maximum atomic E-state index is 12.4. The monoisotopic (exact) mass is 360 g/mol. The van der Waals surface area contributed by atoms with Gasteiger partial charge in [-0.1, -0.05) is 39.4 Å². The number of hydrogen-bond donors (Lipinski definition) is 1. The summed E-state index contributed by atoms with van der Waals surface area (Å²) in [7, 11) is 0. The lowest BCUT2D eigenvalue weighted by Gasteiger charge is -2.05. The van der Waals surface area contributed by atoms with E-state index in [2.05, 4.69) is 32.3 Å². The third-order valence-corrected chi connectivity index (χ3v) is 4.64. The van der Waals surface area contributed by atoms with Crippen LogP contribution in [0.1, 0.15) is 21.5 Å². The second-order valence-corrected chi connectivity index (χ2v) is 6.85. The highest BCUT2D eigenvalue weighted by atomic mass is 79.9. The van der Waals surface area contributed by atoms with Gasteiger partial charge in [0.15, 0.2) is 5.13 Å². The number of fused-ring (bicyclic) bond motifs is 1. The Kier molecular flexibility index (Phi) is 3.78. The number of benzene rings is 2. The summed E-state index contributed by atoms with van der Waals surface area (Å²) in [6.45, 7) is 3.96. The molecule has 0 aliphatic carbocycles. The number of halogens is 1. The molecular weight excluding hydrogens is 348 g/mol. The summed E-state index contributed by atoms with van der Waals surface area (Å²) in [4.78, 5) is 16.8. The van der Waals surface area contributed by atoms with Gasteiger partial charge in [-0.05, 0) is 49.2 Å². The molecule has 3 nitrogen and oxygen atoms in total. The lowest BCUT2D eigenvalue weighted by Crippen LogP contribution is -2.13. The van der Waals surface area contributed by atoms with Crippen LogP contribution >= 0.6 is 27.3 Å². The zero-order valence-electron chi connectivity index (χ0n) is 11.6. The van der Waals surface area contributed by atoms with Gasteiger partial charge in [0.25, 0.3) is 5.91 Å². The average molecular weight is 361 g/mol. The summed E-state index contributed by atoms with van der Waals surface area (Å²) < 4.78 is 1.97. The van der Waals surface area contributed by atoms with Crippen LogP contribution in [0.3, 0.4) is 0 Å². The van der Waals surface area contributed by atoms with E-state index in [1.807, 2.05) is 44.2 Å². The molecule has 0 bridgehead atoms. The van der Waals surface area contributed by atoms with Gasteiger partial charge in [0, 0.05) is 10.0 Å². The zero-order valence-corrected chi connectivity index (χ0v) is 14.0. The summed E-state index contributed by atoms with van der Waals surface area (Å²) in [5.41, 5.74) is 3.69. The summed E-state index contributed by atoms with van der Waals surface area (Å²) in [6, 6.07) is 11.7. The highest BCUT2D eigenvalue weighted by Crippen LogP contribution is 2.27. The van der Waals surface area contributed by atoms with Crippen molar-refractivity contribution in [3.05, 3.63) is 57.6 Å². The molecule has 1 aromatic heterocycles. The molecule has 2 aromatic carbocycles. The first kappa shape index (κ1) is 14.2. The van der Waals surface area contributed by atoms with Crippen molar-refractivity contribution in [1.29, 1.82) is 0 Å². The van der Waals surface area contributed by atoms with Crippen molar-refractivity contribution < 1.29 is 4.79 Å². The number of anilines is 1. The van der Waals surface area contributed by atoms with Gasteiger partial charge in [-0.3, -0.25) is 10.1 Å². The fourth-order valence-electron chi connectivity index (χ4n) is 2.09. The van der Waals surface area contributed by atoms with Crippen LogP contribution in [0.2, 0.25) is 0 Å². The van der Waals surface area contributed by atoms with E-state index in [0.717, 1.165) is 20.3 Å². The zero-order chi connectivity index (χ0) is 15.0. The largest absolute Gasteiger partial charge is 0.298 e. The summed E-state index contributed by atoms with van der Waals surface area (Å²) in [5.74, 6) is -0.135. The number of carbonyl (C=O) groups excluding carboxylic acids is 1. The fraction of sp³-hybridized carbons (Fsp3) is 0.125. The van der Waals surface area contributed by atoms with Gasteiger partial charge in [-0.2, -0.15) is 0 Å². The highest BCUT2D eigenvalue weighted by molar-refractivity contribution is 9.10. The molecule has 106 valence electrons. The van der Waals surface area contributed by atoms with Crippen molar-refractivity contribution in [2.45, 2.75) is 13.8 Å². The van der Waals surface area contributed by atoms with Crippen LogP contribution < -0.4 is 5.32 Å². The highest BCUT2D eigenvalue weighted by Gasteiger charge is 2.12.